The van der Waals surface area contributed by atoms with Gasteiger partial charge in [-0.1, -0.05) is 35.6 Å². The molecule has 30 heavy (non-hydrogen) atoms. The maximum absolute atomic E-state index is 13.3. The molecule has 1 amide bonds. The van der Waals surface area contributed by atoms with Crippen molar-refractivity contribution in [2.75, 3.05) is 31.1 Å². The van der Waals surface area contributed by atoms with Crippen molar-refractivity contribution in [3.05, 3.63) is 53.6 Å². The van der Waals surface area contributed by atoms with Crippen molar-refractivity contribution in [1.82, 2.24) is 9.88 Å². The lowest BCUT2D eigenvalue weighted by Gasteiger charge is -2.36. The van der Waals surface area contributed by atoms with Crippen LogP contribution in [0.4, 0.5) is 5.13 Å². The van der Waals surface area contributed by atoms with Crippen molar-refractivity contribution < 1.29 is 9.53 Å². The van der Waals surface area contributed by atoms with Gasteiger partial charge >= 0.3 is 0 Å². The SMILES string of the molecule is CCOc1ccc2nc(N3CCC[C@@H](C(=O)N4CCc5ccccc5C4)C3)sc2c1. The molecule has 0 N–H and O–H groups in total. The molecule has 3 heterocycles. The molecule has 5 rings (SSSR count). The van der Waals surface area contributed by atoms with Gasteiger partial charge in [0.25, 0.3) is 0 Å². The first-order valence-electron chi connectivity index (χ1n) is 10.8. The van der Waals surface area contributed by atoms with Gasteiger partial charge in [0.2, 0.25) is 5.91 Å². The summed E-state index contributed by atoms with van der Waals surface area (Å²) in [5, 5.41) is 1.01. The zero-order chi connectivity index (χ0) is 20.5. The van der Waals surface area contributed by atoms with Crippen molar-refractivity contribution in [3.63, 3.8) is 0 Å². The van der Waals surface area contributed by atoms with Gasteiger partial charge in [0.15, 0.2) is 5.13 Å². The van der Waals surface area contributed by atoms with E-state index in [1.807, 2.05) is 19.1 Å². The number of aromatic nitrogens is 1. The number of ether oxygens (including phenoxy) is 1. The van der Waals surface area contributed by atoms with E-state index in [-0.39, 0.29) is 5.92 Å². The van der Waals surface area contributed by atoms with Gasteiger partial charge in [0, 0.05) is 26.2 Å². The number of anilines is 1. The van der Waals surface area contributed by atoms with Crippen LogP contribution >= 0.6 is 11.3 Å². The van der Waals surface area contributed by atoms with Gasteiger partial charge in [0.05, 0.1) is 22.7 Å². The first-order valence-corrected chi connectivity index (χ1v) is 11.7. The molecule has 1 atom stereocenters. The minimum absolute atomic E-state index is 0.0509. The molecular formula is C24H27N3O2S. The third-order valence-electron chi connectivity index (χ3n) is 6.14. The maximum Gasteiger partial charge on any atom is 0.227 e. The lowest BCUT2D eigenvalue weighted by molar-refractivity contribution is -0.136. The second-order valence-electron chi connectivity index (χ2n) is 8.12. The fourth-order valence-electron chi connectivity index (χ4n) is 4.58. The summed E-state index contributed by atoms with van der Waals surface area (Å²) in [4.78, 5) is 22.5. The van der Waals surface area contributed by atoms with E-state index in [0.29, 0.717) is 12.5 Å². The van der Waals surface area contributed by atoms with Gasteiger partial charge in [-0.05, 0) is 55.5 Å². The van der Waals surface area contributed by atoms with Crippen molar-refractivity contribution in [1.29, 1.82) is 0 Å². The van der Waals surface area contributed by atoms with Gasteiger partial charge < -0.3 is 14.5 Å². The monoisotopic (exact) mass is 421 g/mol. The quantitative estimate of drug-likeness (QED) is 0.622. The highest BCUT2D eigenvalue weighted by atomic mass is 32.1. The number of piperidine rings is 1. The third-order valence-corrected chi connectivity index (χ3v) is 7.22. The average molecular weight is 422 g/mol. The van der Waals surface area contributed by atoms with Crippen LogP contribution in [0, 0.1) is 5.92 Å². The Bertz CT molecular complexity index is 1060. The van der Waals surface area contributed by atoms with Crippen LogP contribution in [0.5, 0.6) is 5.75 Å². The molecule has 156 valence electrons. The molecule has 0 spiro atoms. The molecule has 0 saturated carbocycles. The lowest BCUT2D eigenvalue weighted by atomic mass is 9.94. The van der Waals surface area contributed by atoms with Crippen molar-refractivity contribution in [2.24, 2.45) is 5.92 Å². The standard InChI is InChI=1S/C24H27N3O2S/c1-2-29-20-9-10-21-22(14-20)30-24(25-21)27-12-5-8-19(16-27)23(28)26-13-11-17-6-3-4-7-18(17)15-26/h3-4,6-7,9-10,14,19H,2,5,8,11-13,15-16H2,1H3/t19-/m1/s1. The zero-order valence-corrected chi connectivity index (χ0v) is 18.2. The summed E-state index contributed by atoms with van der Waals surface area (Å²) in [6, 6.07) is 14.6. The van der Waals surface area contributed by atoms with Crippen LogP contribution < -0.4 is 9.64 Å². The fourth-order valence-corrected chi connectivity index (χ4v) is 5.61. The molecule has 3 aromatic rings. The first-order chi connectivity index (χ1) is 14.7. The summed E-state index contributed by atoms with van der Waals surface area (Å²) in [5.74, 6) is 1.24. The Hall–Kier alpha value is -2.60. The van der Waals surface area contributed by atoms with Gasteiger partial charge in [-0.15, -0.1) is 0 Å². The minimum Gasteiger partial charge on any atom is -0.494 e. The van der Waals surface area contributed by atoms with Crippen LogP contribution in [-0.4, -0.2) is 42.0 Å². The van der Waals surface area contributed by atoms with Crippen LogP contribution in [0.3, 0.4) is 0 Å². The molecule has 1 aromatic heterocycles. The molecule has 0 unspecified atom stereocenters. The number of hydrogen-bond donors (Lipinski definition) is 0. The molecule has 2 aliphatic heterocycles. The van der Waals surface area contributed by atoms with Gasteiger partial charge in [-0.2, -0.15) is 0 Å². The fraction of sp³-hybridized carbons (Fsp3) is 0.417. The van der Waals surface area contributed by atoms with E-state index in [1.165, 1.54) is 11.1 Å². The number of carbonyl (C=O) groups is 1. The summed E-state index contributed by atoms with van der Waals surface area (Å²) >= 11 is 1.69. The van der Waals surface area contributed by atoms with E-state index in [4.69, 9.17) is 9.72 Å². The van der Waals surface area contributed by atoms with Gasteiger partial charge in [0.1, 0.15) is 5.75 Å². The summed E-state index contributed by atoms with van der Waals surface area (Å²) < 4.78 is 6.76. The largest absolute Gasteiger partial charge is 0.494 e. The Morgan fingerprint density at radius 1 is 1.20 bits per heavy atom. The van der Waals surface area contributed by atoms with E-state index in [2.05, 4.69) is 40.1 Å². The number of benzene rings is 2. The van der Waals surface area contributed by atoms with Crippen LogP contribution in [0.25, 0.3) is 10.2 Å². The number of rotatable bonds is 4. The molecule has 1 saturated heterocycles. The average Bonchev–Trinajstić information content (AvgIpc) is 3.22. The van der Waals surface area contributed by atoms with Crippen molar-refractivity contribution in [3.8, 4) is 5.75 Å². The molecule has 6 heteroatoms. The summed E-state index contributed by atoms with van der Waals surface area (Å²) in [6.07, 6.45) is 2.95. The normalized spacial score (nSPS) is 19.0. The molecule has 0 bridgehead atoms. The molecule has 5 nitrogen and oxygen atoms in total. The van der Waals surface area contributed by atoms with Crippen molar-refractivity contribution >= 4 is 32.6 Å². The summed E-state index contributed by atoms with van der Waals surface area (Å²) in [5.41, 5.74) is 3.67. The van der Waals surface area contributed by atoms with Gasteiger partial charge in [-0.3, -0.25) is 4.79 Å². The highest BCUT2D eigenvalue weighted by Crippen LogP contribution is 2.34. The Labute approximate surface area is 181 Å². The topological polar surface area (TPSA) is 45.7 Å². The van der Waals surface area contributed by atoms with E-state index >= 15 is 0 Å². The summed E-state index contributed by atoms with van der Waals surface area (Å²) in [7, 11) is 0. The van der Waals surface area contributed by atoms with E-state index in [1.54, 1.807) is 11.3 Å². The Balaban J connectivity index is 1.30. The number of fused-ring (bicyclic) bond motifs is 2. The number of thiazole rings is 1. The zero-order valence-electron chi connectivity index (χ0n) is 17.3. The second kappa shape index (κ2) is 8.26. The van der Waals surface area contributed by atoms with Crippen LogP contribution in [-0.2, 0) is 17.8 Å². The second-order valence-corrected chi connectivity index (χ2v) is 9.13. The van der Waals surface area contributed by atoms with E-state index < -0.39 is 0 Å². The van der Waals surface area contributed by atoms with E-state index in [0.717, 1.165) is 66.5 Å². The van der Waals surface area contributed by atoms with Crippen LogP contribution in [0.15, 0.2) is 42.5 Å². The number of hydrogen-bond acceptors (Lipinski definition) is 5. The third kappa shape index (κ3) is 3.76. The number of nitrogens with zero attached hydrogens (tertiary/aromatic N) is 3. The predicted octanol–water partition coefficient (Wildman–Crippen LogP) is 4.50. The van der Waals surface area contributed by atoms with Crippen LogP contribution in [0.1, 0.15) is 30.9 Å². The number of carbonyl (C=O) groups excluding carboxylic acids is 1. The predicted molar refractivity (Wildman–Crippen MR) is 121 cm³/mol. The molecular weight excluding hydrogens is 394 g/mol. The lowest BCUT2D eigenvalue weighted by Crippen LogP contribution is -2.46. The summed E-state index contributed by atoms with van der Waals surface area (Å²) in [6.45, 7) is 5.95. The molecule has 1 fully saturated rings. The Morgan fingerprint density at radius 2 is 2.07 bits per heavy atom. The molecule has 0 radical (unpaired) electrons. The van der Waals surface area contributed by atoms with Gasteiger partial charge in [-0.25, -0.2) is 4.98 Å². The van der Waals surface area contributed by atoms with Crippen LogP contribution in [0.2, 0.25) is 0 Å². The van der Waals surface area contributed by atoms with E-state index in [9.17, 15) is 4.79 Å². The molecule has 2 aromatic carbocycles. The first kappa shape index (κ1) is 19.4. The minimum atomic E-state index is 0.0509. The molecule has 2 aliphatic rings. The Morgan fingerprint density at radius 3 is 2.93 bits per heavy atom. The number of amides is 1. The smallest absolute Gasteiger partial charge is 0.227 e. The Kier molecular flexibility index (Phi) is 5.34. The highest BCUT2D eigenvalue weighted by molar-refractivity contribution is 7.22. The molecule has 0 aliphatic carbocycles. The van der Waals surface area contributed by atoms with Crippen molar-refractivity contribution in [2.45, 2.75) is 32.7 Å². The maximum atomic E-state index is 13.3. The highest BCUT2D eigenvalue weighted by Gasteiger charge is 2.32.